The largest absolute Gasteiger partial charge is 0.490 e. The Labute approximate surface area is 156 Å². The van der Waals surface area contributed by atoms with E-state index in [2.05, 4.69) is 23.9 Å². The maximum absolute atomic E-state index is 12.6. The Kier molecular flexibility index (Phi) is 5.85. The molecule has 2 aliphatic rings. The molecule has 6 nitrogen and oxygen atoms in total. The van der Waals surface area contributed by atoms with Crippen molar-refractivity contribution in [1.82, 2.24) is 14.7 Å². The normalized spacial score (nSPS) is 22.4. The molecule has 2 fully saturated rings. The Morgan fingerprint density at radius 1 is 1.19 bits per heavy atom. The number of aliphatic hydroxyl groups is 1. The fraction of sp³-hybridized carbons (Fsp3) is 0.650. The van der Waals surface area contributed by atoms with Gasteiger partial charge < -0.3 is 19.6 Å². The second-order valence-electron chi connectivity index (χ2n) is 7.80. The standard InChI is InChI=1S/C20H31N3O3/c1-16-6-4-5-7-18(16)26-14-17(24)19(25)23-10-8-20(9-11-23)15-21(2)12-13-22(20)3/h4-7,17,24H,8-15H2,1-3H3. The third-order valence-electron chi connectivity index (χ3n) is 5.97. The SMILES string of the molecule is Cc1ccccc1OCC(O)C(=O)N1CCC2(CC1)CN(C)CCN2C. The third-order valence-corrected chi connectivity index (χ3v) is 5.97. The van der Waals surface area contributed by atoms with E-state index in [1.165, 1.54) is 0 Å². The molecule has 2 heterocycles. The number of hydrogen-bond acceptors (Lipinski definition) is 5. The molecule has 2 aliphatic heterocycles. The van der Waals surface area contributed by atoms with Crippen LogP contribution in [0.4, 0.5) is 0 Å². The number of ether oxygens (including phenoxy) is 1. The molecule has 0 bridgehead atoms. The number of rotatable bonds is 4. The minimum absolute atomic E-state index is 0.00598. The fourth-order valence-corrected chi connectivity index (χ4v) is 4.11. The number of benzene rings is 1. The van der Waals surface area contributed by atoms with Crippen LogP contribution in [0.15, 0.2) is 24.3 Å². The van der Waals surface area contributed by atoms with Gasteiger partial charge in [0.15, 0.2) is 6.10 Å². The van der Waals surface area contributed by atoms with Crippen LogP contribution in [0.3, 0.4) is 0 Å². The van der Waals surface area contributed by atoms with Gasteiger partial charge in [-0.2, -0.15) is 0 Å². The summed E-state index contributed by atoms with van der Waals surface area (Å²) in [5.74, 6) is 0.490. The summed E-state index contributed by atoms with van der Waals surface area (Å²) < 4.78 is 5.64. The lowest BCUT2D eigenvalue weighted by molar-refractivity contribution is -0.145. The Balaban J connectivity index is 1.52. The van der Waals surface area contributed by atoms with E-state index in [0.717, 1.165) is 38.0 Å². The van der Waals surface area contributed by atoms with Crippen molar-refractivity contribution >= 4 is 5.91 Å². The second kappa shape index (κ2) is 7.94. The number of nitrogens with zero attached hydrogens (tertiary/aromatic N) is 3. The molecule has 1 atom stereocenters. The van der Waals surface area contributed by atoms with Gasteiger partial charge in [-0.3, -0.25) is 9.69 Å². The van der Waals surface area contributed by atoms with Crippen LogP contribution < -0.4 is 4.74 Å². The second-order valence-corrected chi connectivity index (χ2v) is 7.80. The van der Waals surface area contributed by atoms with Crippen LogP contribution in [0, 0.1) is 6.92 Å². The lowest BCUT2D eigenvalue weighted by atomic mass is 9.83. The number of likely N-dealkylation sites (tertiary alicyclic amines) is 1. The Bertz CT molecular complexity index is 628. The van der Waals surface area contributed by atoms with E-state index in [4.69, 9.17) is 4.74 Å². The van der Waals surface area contributed by atoms with Crippen LogP contribution in [-0.4, -0.2) is 90.8 Å². The van der Waals surface area contributed by atoms with E-state index in [1.807, 2.05) is 31.2 Å². The fourth-order valence-electron chi connectivity index (χ4n) is 4.11. The topological polar surface area (TPSA) is 56.3 Å². The number of likely N-dealkylation sites (N-methyl/N-ethyl adjacent to an activating group) is 2. The molecule has 6 heteroatoms. The van der Waals surface area contributed by atoms with Crippen LogP contribution in [0.5, 0.6) is 5.75 Å². The molecule has 2 saturated heterocycles. The molecule has 26 heavy (non-hydrogen) atoms. The average Bonchev–Trinajstić information content (AvgIpc) is 2.64. The first-order valence-electron chi connectivity index (χ1n) is 9.46. The van der Waals surface area contributed by atoms with Gasteiger partial charge in [0.05, 0.1) is 0 Å². The minimum atomic E-state index is -1.12. The number of amides is 1. The van der Waals surface area contributed by atoms with Gasteiger partial charge in [-0.05, 0) is 45.5 Å². The molecular formula is C20H31N3O3. The third kappa shape index (κ3) is 4.03. The summed E-state index contributed by atoms with van der Waals surface area (Å²) in [6.45, 7) is 6.54. The summed E-state index contributed by atoms with van der Waals surface area (Å²) in [6.07, 6.45) is 0.783. The van der Waals surface area contributed by atoms with Gasteiger partial charge >= 0.3 is 0 Å². The van der Waals surface area contributed by atoms with E-state index < -0.39 is 6.10 Å². The van der Waals surface area contributed by atoms with Crippen LogP contribution in [0.2, 0.25) is 0 Å². The summed E-state index contributed by atoms with van der Waals surface area (Å²) in [5.41, 5.74) is 1.16. The monoisotopic (exact) mass is 361 g/mol. The van der Waals surface area contributed by atoms with E-state index in [9.17, 15) is 9.90 Å². The van der Waals surface area contributed by atoms with Gasteiger partial charge in [0.25, 0.3) is 5.91 Å². The summed E-state index contributed by atoms with van der Waals surface area (Å²) >= 11 is 0. The number of piperazine rings is 1. The first-order valence-corrected chi connectivity index (χ1v) is 9.46. The molecule has 0 radical (unpaired) electrons. The van der Waals surface area contributed by atoms with Crippen LogP contribution in [0.25, 0.3) is 0 Å². The maximum Gasteiger partial charge on any atom is 0.254 e. The first kappa shape index (κ1) is 19.1. The van der Waals surface area contributed by atoms with Gasteiger partial charge in [-0.1, -0.05) is 18.2 Å². The maximum atomic E-state index is 12.6. The molecule has 1 aromatic rings. The number of para-hydroxylation sites is 1. The summed E-state index contributed by atoms with van der Waals surface area (Å²) in [7, 11) is 4.36. The van der Waals surface area contributed by atoms with Crippen molar-refractivity contribution in [2.45, 2.75) is 31.4 Å². The zero-order chi connectivity index (χ0) is 18.7. The Morgan fingerprint density at radius 3 is 2.58 bits per heavy atom. The van der Waals surface area contributed by atoms with Crippen LogP contribution in [-0.2, 0) is 4.79 Å². The number of hydrogen-bond donors (Lipinski definition) is 1. The van der Waals surface area contributed by atoms with E-state index in [-0.39, 0.29) is 18.1 Å². The number of piperidine rings is 1. The van der Waals surface area contributed by atoms with E-state index in [0.29, 0.717) is 18.8 Å². The van der Waals surface area contributed by atoms with E-state index >= 15 is 0 Å². The molecule has 1 aromatic carbocycles. The zero-order valence-corrected chi connectivity index (χ0v) is 16.1. The molecule has 3 rings (SSSR count). The van der Waals surface area contributed by atoms with Gasteiger partial charge in [0.2, 0.25) is 0 Å². The number of aryl methyl sites for hydroxylation is 1. The van der Waals surface area contributed by atoms with Crippen molar-refractivity contribution in [3.8, 4) is 5.75 Å². The highest BCUT2D eigenvalue weighted by molar-refractivity contribution is 5.81. The molecule has 1 unspecified atom stereocenters. The van der Waals surface area contributed by atoms with Gasteiger partial charge in [0, 0.05) is 38.3 Å². The predicted molar refractivity (Wildman–Crippen MR) is 101 cm³/mol. The number of carbonyl (C=O) groups excluding carboxylic acids is 1. The van der Waals surface area contributed by atoms with Crippen molar-refractivity contribution in [3.63, 3.8) is 0 Å². The summed E-state index contributed by atoms with van der Waals surface area (Å²) in [4.78, 5) is 19.2. The van der Waals surface area contributed by atoms with Crippen LogP contribution in [0.1, 0.15) is 18.4 Å². The smallest absolute Gasteiger partial charge is 0.254 e. The molecule has 0 aliphatic carbocycles. The molecule has 144 valence electrons. The van der Waals surface area contributed by atoms with Crippen molar-refractivity contribution in [3.05, 3.63) is 29.8 Å². The summed E-state index contributed by atoms with van der Waals surface area (Å²) in [6, 6.07) is 7.63. The minimum Gasteiger partial charge on any atom is -0.490 e. The lowest BCUT2D eigenvalue weighted by Crippen LogP contribution is -2.64. The first-order chi connectivity index (χ1) is 12.4. The van der Waals surface area contributed by atoms with Gasteiger partial charge in [0.1, 0.15) is 12.4 Å². The van der Waals surface area contributed by atoms with Crippen molar-refractivity contribution < 1.29 is 14.6 Å². The highest BCUT2D eigenvalue weighted by Gasteiger charge is 2.42. The molecular weight excluding hydrogens is 330 g/mol. The summed E-state index contributed by atoms with van der Waals surface area (Å²) in [5, 5.41) is 10.3. The van der Waals surface area contributed by atoms with Gasteiger partial charge in [-0.25, -0.2) is 0 Å². The Hall–Kier alpha value is -1.63. The quantitative estimate of drug-likeness (QED) is 0.866. The highest BCUT2D eigenvalue weighted by Crippen LogP contribution is 2.31. The molecule has 0 aromatic heterocycles. The Morgan fingerprint density at radius 2 is 1.88 bits per heavy atom. The van der Waals surface area contributed by atoms with Crippen molar-refractivity contribution in [2.24, 2.45) is 0 Å². The predicted octanol–water partition coefficient (Wildman–Crippen LogP) is 0.973. The molecule has 1 spiro atoms. The van der Waals surface area contributed by atoms with Gasteiger partial charge in [-0.15, -0.1) is 0 Å². The zero-order valence-electron chi connectivity index (χ0n) is 16.1. The van der Waals surface area contributed by atoms with E-state index in [1.54, 1.807) is 4.90 Å². The number of aliphatic hydroxyl groups excluding tert-OH is 1. The number of carbonyl (C=O) groups is 1. The molecule has 1 amide bonds. The highest BCUT2D eigenvalue weighted by atomic mass is 16.5. The van der Waals surface area contributed by atoms with Crippen molar-refractivity contribution in [1.29, 1.82) is 0 Å². The van der Waals surface area contributed by atoms with Crippen LogP contribution >= 0.6 is 0 Å². The molecule has 1 N–H and O–H groups in total. The van der Waals surface area contributed by atoms with Crippen molar-refractivity contribution in [2.75, 3.05) is 53.4 Å². The molecule has 0 saturated carbocycles. The lowest BCUT2D eigenvalue weighted by Gasteiger charge is -2.52. The average molecular weight is 361 g/mol.